The predicted molar refractivity (Wildman–Crippen MR) is 151 cm³/mol. The van der Waals surface area contributed by atoms with Crippen LogP contribution in [0.25, 0.3) is 34.0 Å². The van der Waals surface area contributed by atoms with Gasteiger partial charge in [-0.25, -0.2) is 9.13 Å². The molecule has 0 aliphatic carbocycles. The molecule has 1 amide bonds. The van der Waals surface area contributed by atoms with Gasteiger partial charge in [-0.2, -0.15) is 0 Å². The van der Waals surface area contributed by atoms with Crippen LogP contribution in [0.15, 0.2) is 48.5 Å². The van der Waals surface area contributed by atoms with E-state index in [1.807, 2.05) is 12.1 Å². The van der Waals surface area contributed by atoms with Crippen LogP contribution in [-0.4, -0.2) is 23.6 Å². The van der Waals surface area contributed by atoms with Gasteiger partial charge >= 0.3 is 0 Å². The third-order valence-corrected chi connectivity index (χ3v) is 7.35. The molecular formula is C29H33BrCl2N4O. The second-order valence-electron chi connectivity index (χ2n) is 9.12. The summed E-state index contributed by atoms with van der Waals surface area (Å²) in [4.78, 5) is 11.9. The summed E-state index contributed by atoms with van der Waals surface area (Å²) in [5.74, 6) is 1.13. The van der Waals surface area contributed by atoms with E-state index in [0.29, 0.717) is 29.6 Å². The van der Waals surface area contributed by atoms with E-state index in [4.69, 9.17) is 28.9 Å². The number of hydrogen-bond acceptors (Lipinski definition) is 2. The van der Waals surface area contributed by atoms with Crippen LogP contribution < -0.4 is 32.6 Å². The summed E-state index contributed by atoms with van der Waals surface area (Å²) >= 11 is 12.8. The lowest BCUT2D eigenvalue weighted by atomic mass is 10.00. The number of carbonyl (C=O) groups excluding carboxylic acids is 1. The van der Waals surface area contributed by atoms with E-state index in [1.54, 1.807) is 0 Å². The average Bonchev–Trinajstić information content (AvgIpc) is 3.12. The number of aryl methyl sites for hydroxylation is 3. The highest BCUT2D eigenvalue weighted by molar-refractivity contribution is 6.42. The maximum Gasteiger partial charge on any atom is 0.282 e. The Labute approximate surface area is 239 Å². The minimum absolute atomic E-state index is 0. The van der Waals surface area contributed by atoms with Crippen molar-refractivity contribution in [2.24, 2.45) is 12.8 Å². The number of nitrogens with two attached hydrogens (primary N) is 1. The molecule has 1 aromatic heterocycles. The summed E-state index contributed by atoms with van der Waals surface area (Å²) in [7, 11) is 2.05. The van der Waals surface area contributed by atoms with E-state index in [2.05, 4.69) is 77.0 Å². The van der Waals surface area contributed by atoms with Gasteiger partial charge in [-0.3, -0.25) is 4.79 Å². The molecule has 0 unspecified atom stereocenters. The first-order valence-corrected chi connectivity index (χ1v) is 13.2. The largest absolute Gasteiger partial charge is 1.00 e. The number of unbranched alkanes of at least 4 members (excludes halogenated alkanes) is 2. The second kappa shape index (κ2) is 13.4. The smallest absolute Gasteiger partial charge is 0.282 e. The molecule has 1 heterocycles. The molecule has 0 aliphatic rings. The zero-order chi connectivity index (χ0) is 25.7. The van der Waals surface area contributed by atoms with Gasteiger partial charge in [0.05, 0.1) is 23.6 Å². The van der Waals surface area contributed by atoms with E-state index < -0.39 is 0 Å². The Bertz CT molecular complexity index is 1430. The summed E-state index contributed by atoms with van der Waals surface area (Å²) in [5.41, 5.74) is 9.96. The molecule has 0 fully saturated rings. The summed E-state index contributed by atoms with van der Waals surface area (Å²) < 4.78 is 4.45. The number of aromatic nitrogens is 2. The zero-order valence-corrected chi connectivity index (χ0v) is 24.3. The van der Waals surface area contributed by atoms with Crippen LogP contribution in [0, 0.1) is 6.92 Å². The van der Waals surface area contributed by atoms with Crippen LogP contribution in [0.1, 0.15) is 42.6 Å². The summed E-state index contributed by atoms with van der Waals surface area (Å²) in [6.45, 7) is 3.95. The fourth-order valence-electron chi connectivity index (χ4n) is 4.69. The highest BCUT2D eigenvalue weighted by atomic mass is 79.9. The number of fused-ring (bicyclic) bond motifs is 2. The molecule has 3 aromatic carbocycles. The number of nitrogens with one attached hydrogen (secondary N) is 1. The number of rotatable bonds is 10. The molecule has 0 atom stereocenters. The molecule has 5 nitrogen and oxygen atoms in total. The Morgan fingerprint density at radius 3 is 2.51 bits per heavy atom. The fraction of sp³-hybridized carbons (Fsp3) is 0.310. The number of benzene rings is 3. The number of hydrogen-bond donors (Lipinski definition) is 2. The monoisotopic (exact) mass is 602 g/mol. The molecule has 37 heavy (non-hydrogen) atoms. The Kier molecular flexibility index (Phi) is 10.6. The fourth-order valence-corrected chi connectivity index (χ4v) is 5.01. The SMILES string of the molecule is Cc1ccc(/C=C/c2n(CCCCCC(=O)NCCN)c3cc(Cl)c(Cl)cc3[n+]2C)c2ccccc12.[Br-]. The number of imidazole rings is 1. The van der Waals surface area contributed by atoms with E-state index in [1.165, 1.54) is 21.9 Å². The molecule has 196 valence electrons. The van der Waals surface area contributed by atoms with Gasteiger partial charge in [-0.05, 0) is 54.2 Å². The van der Waals surface area contributed by atoms with Crippen molar-refractivity contribution in [3.05, 3.63) is 75.5 Å². The number of nitrogens with zero attached hydrogens (tertiary/aromatic N) is 2. The van der Waals surface area contributed by atoms with Crippen molar-refractivity contribution in [1.82, 2.24) is 9.88 Å². The molecule has 8 heteroatoms. The first-order valence-electron chi connectivity index (χ1n) is 12.4. The summed E-state index contributed by atoms with van der Waals surface area (Å²) in [6, 6.07) is 16.7. The molecule has 4 aromatic rings. The van der Waals surface area contributed by atoms with Crippen molar-refractivity contribution in [3.63, 3.8) is 0 Å². The van der Waals surface area contributed by atoms with Crippen LogP contribution in [0.5, 0.6) is 0 Å². The van der Waals surface area contributed by atoms with Crippen molar-refractivity contribution in [2.75, 3.05) is 13.1 Å². The van der Waals surface area contributed by atoms with Gasteiger partial charge in [-0.1, -0.05) is 59.6 Å². The molecule has 0 saturated heterocycles. The van der Waals surface area contributed by atoms with Gasteiger partial charge in [-0.15, -0.1) is 0 Å². The molecule has 0 bridgehead atoms. The van der Waals surface area contributed by atoms with Crippen molar-refractivity contribution >= 4 is 63.1 Å². The third-order valence-electron chi connectivity index (χ3n) is 6.63. The third kappa shape index (κ3) is 6.74. The van der Waals surface area contributed by atoms with Crippen LogP contribution >= 0.6 is 23.2 Å². The molecular weight excluding hydrogens is 571 g/mol. The lowest BCUT2D eigenvalue weighted by Gasteiger charge is -2.06. The van der Waals surface area contributed by atoms with E-state index in [-0.39, 0.29) is 22.9 Å². The van der Waals surface area contributed by atoms with Gasteiger partial charge < -0.3 is 28.0 Å². The van der Waals surface area contributed by atoms with Crippen molar-refractivity contribution in [2.45, 2.75) is 39.2 Å². The van der Waals surface area contributed by atoms with Gasteiger partial charge in [0.15, 0.2) is 11.0 Å². The first-order chi connectivity index (χ1) is 17.4. The quantitative estimate of drug-likeness (QED) is 0.216. The highest BCUT2D eigenvalue weighted by Crippen LogP contribution is 2.29. The maximum absolute atomic E-state index is 11.9. The van der Waals surface area contributed by atoms with E-state index in [9.17, 15) is 4.79 Å². The average molecular weight is 604 g/mol. The van der Waals surface area contributed by atoms with Gasteiger partial charge in [0.2, 0.25) is 5.91 Å². The summed E-state index contributed by atoms with van der Waals surface area (Å²) in [6.07, 6.45) is 7.61. The van der Waals surface area contributed by atoms with Crippen LogP contribution in [0.2, 0.25) is 10.0 Å². The summed E-state index contributed by atoms with van der Waals surface area (Å²) in [5, 5.41) is 6.41. The van der Waals surface area contributed by atoms with Crippen LogP contribution in [-0.2, 0) is 18.4 Å². The Balaban J connectivity index is 0.00000380. The van der Waals surface area contributed by atoms with Gasteiger partial charge in [0.1, 0.15) is 0 Å². The normalized spacial score (nSPS) is 11.4. The van der Waals surface area contributed by atoms with E-state index in [0.717, 1.165) is 42.7 Å². The molecule has 0 spiro atoms. The molecule has 0 radical (unpaired) electrons. The number of carbonyl (C=O) groups is 1. The number of amides is 1. The topological polar surface area (TPSA) is 63.9 Å². The minimum atomic E-state index is 0. The lowest BCUT2D eigenvalue weighted by Crippen LogP contribution is -3.00. The molecule has 4 rings (SSSR count). The standard InChI is InChI=1S/C29H32Cl2N4O.BrH/c1-20-11-12-21(23-9-6-5-8-22(20)23)13-14-29-34(2)26-18-24(30)25(31)19-27(26)35(29)17-7-3-4-10-28(36)33-16-15-32;/h5-6,8-9,11-14,18-19H,3-4,7,10,15-17,32H2,1-2H3;1H/b14-13+;. The van der Waals surface area contributed by atoms with Gasteiger partial charge in [0, 0.05) is 37.7 Å². The van der Waals surface area contributed by atoms with Crippen molar-refractivity contribution in [1.29, 1.82) is 0 Å². The first kappa shape index (κ1) is 29.2. The lowest BCUT2D eigenvalue weighted by molar-refractivity contribution is -0.647. The highest BCUT2D eigenvalue weighted by Gasteiger charge is 2.22. The molecule has 0 saturated carbocycles. The second-order valence-corrected chi connectivity index (χ2v) is 9.94. The minimum Gasteiger partial charge on any atom is -1.00 e. The molecule has 0 aliphatic heterocycles. The Morgan fingerprint density at radius 2 is 1.76 bits per heavy atom. The Morgan fingerprint density at radius 1 is 1.03 bits per heavy atom. The van der Waals surface area contributed by atoms with Crippen LogP contribution in [0.3, 0.4) is 0 Å². The Hall–Kier alpha value is -2.38. The number of halogens is 3. The van der Waals surface area contributed by atoms with E-state index >= 15 is 0 Å². The molecule has 3 N–H and O–H groups in total. The zero-order valence-electron chi connectivity index (χ0n) is 21.2. The van der Waals surface area contributed by atoms with Crippen molar-refractivity contribution < 1.29 is 26.3 Å². The predicted octanol–water partition coefficient (Wildman–Crippen LogP) is 3.04. The maximum atomic E-state index is 11.9. The van der Waals surface area contributed by atoms with Crippen LogP contribution in [0.4, 0.5) is 0 Å². The van der Waals surface area contributed by atoms with Crippen molar-refractivity contribution in [3.8, 4) is 0 Å². The van der Waals surface area contributed by atoms with Gasteiger partial charge in [0.25, 0.3) is 5.82 Å².